The Morgan fingerprint density at radius 3 is 2.53 bits per heavy atom. The fraction of sp³-hybridized carbons (Fsp3) is 0.571. The van der Waals surface area contributed by atoms with E-state index in [1.54, 1.807) is 0 Å². The number of nitrogens with zero attached hydrogens (tertiary/aromatic N) is 1. The molecule has 1 aliphatic heterocycles. The molecule has 0 bridgehead atoms. The first kappa shape index (κ1) is 14.4. The molecule has 1 atom stereocenters. The summed E-state index contributed by atoms with van der Waals surface area (Å²) in [7, 11) is 0. The van der Waals surface area contributed by atoms with Crippen molar-refractivity contribution in [3.05, 3.63) is 35.6 Å². The van der Waals surface area contributed by atoms with Crippen LogP contribution in [0, 0.1) is 5.82 Å². The van der Waals surface area contributed by atoms with E-state index in [9.17, 15) is 4.39 Å². The maximum absolute atomic E-state index is 12.9. The number of ether oxygens (including phenoxy) is 1. The minimum atomic E-state index is -0.227. The number of hydrogen-bond donors (Lipinski definition) is 2. The molecule has 1 fully saturated rings. The van der Waals surface area contributed by atoms with Gasteiger partial charge in [-0.3, -0.25) is 0 Å². The zero-order valence-electron chi connectivity index (χ0n) is 11.4. The van der Waals surface area contributed by atoms with E-state index in [2.05, 4.69) is 17.4 Å². The second kappa shape index (κ2) is 6.43. The molecule has 19 heavy (non-hydrogen) atoms. The summed E-state index contributed by atoms with van der Waals surface area (Å²) >= 11 is 0. The van der Waals surface area contributed by atoms with Gasteiger partial charge in [0, 0.05) is 25.2 Å². The predicted molar refractivity (Wildman–Crippen MR) is 73.1 cm³/mol. The fourth-order valence-corrected chi connectivity index (χ4v) is 2.27. The van der Waals surface area contributed by atoms with Crippen LogP contribution < -0.4 is 11.2 Å². The molecule has 0 amide bonds. The lowest BCUT2D eigenvalue weighted by Crippen LogP contribution is -2.60. The van der Waals surface area contributed by atoms with Crippen LogP contribution in [-0.4, -0.2) is 43.4 Å². The van der Waals surface area contributed by atoms with Crippen LogP contribution in [0.1, 0.15) is 12.5 Å². The summed E-state index contributed by atoms with van der Waals surface area (Å²) in [5.41, 5.74) is 10.2. The molecule has 1 heterocycles. The van der Waals surface area contributed by atoms with Crippen LogP contribution in [0.2, 0.25) is 0 Å². The molecule has 1 unspecified atom stereocenters. The number of halogens is 1. The van der Waals surface area contributed by atoms with Gasteiger partial charge in [-0.05, 0) is 31.0 Å². The van der Waals surface area contributed by atoms with Crippen LogP contribution in [0.15, 0.2) is 24.3 Å². The van der Waals surface area contributed by atoms with Gasteiger partial charge in [0.15, 0.2) is 0 Å². The zero-order valence-corrected chi connectivity index (χ0v) is 11.4. The van der Waals surface area contributed by atoms with E-state index >= 15 is 0 Å². The summed E-state index contributed by atoms with van der Waals surface area (Å²) in [6.45, 7) is 5.81. The van der Waals surface area contributed by atoms with Crippen molar-refractivity contribution in [3.63, 3.8) is 0 Å². The molecular weight excluding hydrogens is 245 g/mol. The van der Waals surface area contributed by atoms with E-state index < -0.39 is 0 Å². The number of rotatable bonds is 5. The molecule has 2 rings (SSSR count). The summed E-state index contributed by atoms with van der Waals surface area (Å²) in [5.74, 6) is -0.209. The Balaban J connectivity index is 1.98. The number of hydrazine groups is 1. The summed E-state index contributed by atoms with van der Waals surface area (Å²) in [4.78, 5) is 0. The monoisotopic (exact) mass is 267 g/mol. The summed E-state index contributed by atoms with van der Waals surface area (Å²) < 4.78 is 18.2. The maximum Gasteiger partial charge on any atom is 0.123 e. The largest absolute Gasteiger partial charge is 0.379 e. The van der Waals surface area contributed by atoms with Gasteiger partial charge in [0.25, 0.3) is 0 Å². The van der Waals surface area contributed by atoms with Gasteiger partial charge in [-0.25, -0.2) is 14.8 Å². The van der Waals surface area contributed by atoms with Crippen molar-refractivity contribution in [3.8, 4) is 0 Å². The standard InChI is InChI=1S/C14H22FN3O/c1-14(11-16,17-18-6-8-19-9-7-18)10-12-2-4-13(15)5-3-12/h2-5,17H,6-11,16H2,1H3. The van der Waals surface area contributed by atoms with Crippen LogP contribution in [0.4, 0.5) is 4.39 Å². The molecule has 0 spiro atoms. The first-order chi connectivity index (χ1) is 9.11. The molecule has 1 aliphatic rings. The average molecular weight is 267 g/mol. The van der Waals surface area contributed by atoms with E-state index in [-0.39, 0.29) is 11.4 Å². The first-order valence-corrected chi connectivity index (χ1v) is 6.66. The number of morpholine rings is 1. The summed E-state index contributed by atoms with van der Waals surface area (Å²) in [6, 6.07) is 6.59. The molecule has 0 saturated carbocycles. The summed E-state index contributed by atoms with van der Waals surface area (Å²) in [6.07, 6.45) is 0.765. The van der Waals surface area contributed by atoms with Gasteiger partial charge >= 0.3 is 0 Å². The Kier molecular flexibility index (Phi) is 4.87. The lowest BCUT2D eigenvalue weighted by atomic mass is 9.93. The Morgan fingerprint density at radius 2 is 1.95 bits per heavy atom. The molecule has 1 saturated heterocycles. The molecule has 0 radical (unpaired) electrons. The average Bonchev–Trinajstić information content (AvgIpc) is 2.42. The van der Waals surface area contributed by atoms with Gasteiger partial charge in [-0.15, -0.1) is 0 Å². The van der Waals surface area contributed by atoms with Crippen molar-refractivity contribution in [2.75, 3.05) is 32.8 Å². The lowest BCUT2D eigenvalue weighted by Gasteiger charge is -2.38. The Labute approximate surface area is 113 Å². The topological polar surface area (TPSA) is 50.5 Å². The number of nitrogens with one attached hydrogen (secondary N) is 1. The highest BCUT2D eigenvalue weighted by Gasteiger charge is 2.26. The summed E-state index contributed by atoms with van der Waals surface area (Å²) in [5, 5.41) is 2.15. The Morgan fingerprint density at radius 1 is 1.32 bits per heavy atom. The number of benzene rings is 1. The third-order valence-electron chi connectivity index (χ3n) is 3.40. The van der Waals surface area contributed by atoms with E-state index in [4.69, 9.17) is 10.5 Å². The van der Waals surface area contributed by atoms with Crippen LogP contribution in [0.25, 0.3) is 0 Å². The van der Waals surface area contributed by atoms with Crippen LogP contribution in [0.5, 0.6) is 0 Å². The van der Waals surface area contributed by atoms with Crippen LogP contribution >= 0.6 is 0 Å². The van der Waals surface area contributed by atoms with Crippen LogP contribution in [0.3, 0.4) is 0 Å². The second-order valence-corrected chi connectivity index (χ2v) is 5.28. The minimum Gasteiger partial charge on any atom is -0.379 e. The van der Waals surface area contributed by atoms with Gasteiger partial charge in [0.05, 0.1) is 13.2 Å². The van der Waals surface area contributed by atoms with E-state index in [1.165, 1.54) is 12.1 Å². The second-order valence-electron chi connectivity index (χ2n) is 5.28. The van der Waals surface area contributed by atoms with E-state index in [1.807, 2.05) is 12.1 Å². The van der Waals surface area contributed by atoms with Gasteiger partial charge in [-0.2, -0.15) is 0 Å². The molecule has 3 N–H and O–H groups in total. The Hall–Kier alpha value is -1.01. The van der Waals surface area contributed by atoms with Crippen molar-refractivity contribution in [1.82, 2.24) is 10.4 Å². The Bertz CT molecular complexity index is 392. The minimum absolute atomic E-state index is 0.209. The lowest BCUT2D eigenvalue weighted by molar-refractivity contribution is -0.00883. The third-order valence-corrected chi connectivity index (χ3v) is 3.40. The zero-order chi connectivity index (χ0) is 13.7. The molecule has 1 aromatic rings. The third kappa shape index (κ3) is 4.24. The van der Waals surface area contributed by atoms with E-state index in [0.29, 0.717) is 6.54 Å². The molecule has 0 aromatic heterocycles. The quantitative estimate of drug-likeness (QED) is 0.833. The fourth-order valence-electron chi connectivity index (χ4n) is 2.27. The molecule has 106 valence electrons. The van der Waals surface area contributed by atoms with Crippen molar-refractivity contribution < 1.29 is 9.13 Å². The highest BCUT2D eigenvalue weighted by molar-refractivity contribution is 5.18. The van der Waals surface area contributed by atoms with Gasteiger partial charge in [-0.1, -0.05) is 12.1 Å². The first-order valence-electron chi connectivity index (χ1n) is 6.66. The molecule has 5 heteroatoms. The molecule has 1 aromatic carbocycles. The van der Waals surface area contributed by atoms with Gasteiger partial charge < -0.3 is 10.5 Å². The maximum atomic E-state index is 12.9. The predicted octanol–water partition coefficient (Wildman–Crippen LogP) is 0.922. The molecule has 4 nitrogen and oxygen atoms in total. The van der Waals surface area contributed by atoms with Crippen LogP contribution in [-0.2, 0) is 11.2 Å². The normalized spacial score (nSPS) is 20.2. The smallest absolute Gasteiger partial charge is 0.123 e. The number of hydrogen-bond acceptors (Lipinski definition) is 4. The van der Waals surface area contributed by atoms with Crippen molar-refractivity contribution >= 4 is 0 Å². The SMILES string of the molecule is CC(CN)(Cc1ccc(F)cc1)NN1CCOCC1. The van der Waals surface area contributed by atoms with Gasteiger partial charge in [0.1, 0.15) is 5.82 Å². The number of nitrogens with two attached hydrogens (primary N) is 1. The van der Waals surface area contributed by atoms with Crippen molar-refractivity contribution in [2.24, 2.45) is 5.73 Å². The van der Waals surface area contributed by atoms with Crippen molar-refractivity contribution in [1.29, 1.82) is 0 Å². The van der Waals surface area contributed by atoms with E-state index in [0.717, 1.165) is 38.3 Å². The highest BCUT2D eigenvalue weighted by Crippen LogP contribution is 2.14. The molecule has 0 aliphatic carbocycles. The highest BCUT2D eigenvalue weighted by atomic mass is 19.1. The molecular formula is C14H22FN3O. The van der Waals surface area contributed by atoms with Crippen molar-refractivity contribution in [2.45, 2.75) is 18.9 Å². The van der Waals surface area contributed by atoms with Gasteiger partial charge in [0.2, 0.25) is 0 Å².